The van der Waals surface area contributed by atoms with Gasteiger partial charge in [-0.15, -0.1) is 0 Å². The fourth-order valence-corrected chi connectivity index (χ4v) is 2.88. The van der Waals surface area contributed by atoms with Crippen LogP contribution in [0.3, 0.4) is 0 Å². The molecule has 0 saturated heterocycles. The van der Waals surface area contributed by atoms with Crippen LogP contribution in [0.4, 0.5) is 4.39 Å². The van der Waals surface area contributed by atoms with Crippen molar-refractivity contribution in [3.8, 4) is 0 Å². The first-order valence-electron chi connectivity index (χ1n) is 7.23. The molecule has 1 heterocycles. The molecule has 0 radical (unpaired) electrons. The summed E-state index contributed by atoms with van der Waals surface area (Å²) in [4.78, 5) is 4.21. The second-order valence-corrected chi connectivity index (χ2v) is 6.55. The quantitative estimate of drug-likeness (QED) is 0.653. The van der Waals surface area contributed by atoms with E-state index in [0.717, 1.165) is 12.5 Å². The molecule has 0 aliphatic rings. The summed E-state index contributed by atoms with van der Waals surface area (Å²) in [6.45, 7) is 5.36. The molecule has 22 heavy (non-hydrogen) atoms. The minimum atomic E-state index is -0.328. The normalized spacial score (nSPS) is 12.3. The molecular weight excluding hydrogens is 297 g/mol. The molecule has 0 fully saturated rings. The average Bonchev–Trinajstić information content (AvgIpc) is 3.01. The molecule has 2 aromatic rings. The lowest BCUT2D eigenvalue weighted by Crippen LogP contribution is -2.43. The Morgan fingerprint density at radius 2 is 2.00 bits per heavy atom. The predicted octanol–water partition coefficient (Wildman–Crippen LogP) is 3.53. The van der Waals surface area contributed by atoms with Crippen molar-refractivity contribution in [1.29, 1.82) is 0 Å². The van der Waals surface area contributed by atoms with Crippen LogP contribution in [0.25, 0.3) is 0 Å². The minimum absolute atomic E-state index is 0.171. The second kappa shape index (κ2) is 7.40. The molecule has 0 amide bonds. The number of rotatable bonds is 5. The van der Waals surface area contributed by atoms with Gasteiger partial charge in [-0.3, -0.25) is 4.99 Å². The number of benzene rings is 1. The molecule has 118 valence electrons. The zero-order chi connectivity index (χ0) is 16.0. The zero-order valence-electron chi connectivity index (χ0n) is 13.2. The molecule has 0 atom stereocenters. The SMILES string of the molecule is CN=C(NCc1ccsc1)NCC(C)(C)c1ccccc1F. The summed E-state index contributed by atoms with van der Waals surface area (Å²) in [5.41, 5.74) is 1.60. The second-order valence-electron chi connectivity index (χ2n) is 5.77. The molecule has 0 saturated carbocycles. The van der Waals surface area contributed by atoms with Gasteiger partial charge in [-0.25, -0.2) is 4.39 Å². The van der Waals surface area contributed by atoms with Gasteiger partial charge < -0.3 is 10.6 Å². The van der Waals surface area contributed by atoms with Crippen LogP contribution in [0.5, 0.6) is 0 Å². The van der Waals surface area contributed by atoms with E-state index in [4.69, 9.17) is 0 Å². The number of hydrogen-bond acceptors (Lipinski definition) is 2. The van der Waals surface area contributed by atoms with Gasteiger partial charge in [-0.1, -0.05) is 32.0 Å². The summed E-state index contributed by atoms with van der Waals surface area (Å²) < 4.78 is 14.0. The monoisotopic (exact) mass is 319 g/mol. The predicted molar refractivity (Wildman–Crippen MR) is 91.9 cm³/mol. The van der Waals surface area contributed by atoms with E-state index in [9.17, 15) is 4.39 Å². The smallest absolute Gasteiger partial charge is 0.191 e. The maximum Gasteiger partial charge on any atom is 0.191 e. The maximum absolute atomic E-state index is 14.0. The molecule has 3 nitrogen and oxygen atoms in total. The van der Waals surface area contributed by atoms with Crippen LogP contribution in [0, 0.1) is 5.82 Å². The Balaban J connectivity index is 1.93. The van der Waals surface area contributed by atoms with E-state index >= 15 is 0 Å². The van der Waals surface area contributed by atoms with Crippen LogP contribution < -0.4 is 10.6 Å². The molecule has 0 unspecified atom stereocenters. The Labute approximate surface area is 135 Å². The highest BCUT2D eigenvalue weighted by Crippen LogP contribution is 2.24. The van der Waals surface area contributed by atoms with Crippen molar-refractivity contribution in [3.05, 3.63) is 58.0 Å². The number of hydrogen-bond donors (Lipinski definition) is 2. The van der Waals surface area contributed by atoms with Gasteiger partial charge >= 0.3 is 0 Å². The van der Waals surface area contributed by atoms with Crippen molar-refractivity contribution in [2.75, 3.05) is 13.6 Å². The van der Waals surface area contributed by atoms with Crippen LogP contribution in [0.2, 0.25) is 0 Å². The van der Waals surface area contributed by atoms with Gasteiger partial charge in [0.15, 0.2) is 5.96 Å². The van der Waals surface area contributed by atoms with Gasteiger partial charge in [-0.2, -0.15) is 11.3 Å². The number of thiophene rings is 1. The maximum atomic E-state index is 14.0. The first-order valence-corrected chi connectivity index (χ1v) is 8.18. The summed E-state index contributed by atoms with van der Waals surface area (Å²) >= 11 is 1.67. The van der Waals surface area contributed by atoms with Crippen molar-refractivity contribution >= 4 is 17.3 Å². The van der Waals surface area contributed by atoms with Gasteiger partial charge in [0.05, 0.1) is 0 Å². The molecule has 5 heteroatoms. The summed E-state index contributed by atoms with van der Waals surface area (Å²) in [6.07, 6.45) is 0. The zero-order valence-corrected chi connectivity index (χ0v) is 14.0. The fraction of sp³-hybridized carbons (Fsp3) is 0.353. The van der Waals surface area contributed by atoms with Gasteiger partial charge in [0.2, 0.25) is 0 Å². The molecule has 2 N–H and O–H groups in total. The Hall–Kier alpha value is -1.88. The number of halogens is 1. The van der Waals surface area contributed by atoms with Crippen molar-refractivity contribution < 1.29 is 4.39 Å². The van der Waals surface area contributed by atoms with Crippen LogP contribution >= 0.6 is 11.3 Å². The van der Waals surface area contributed by atoms with Crippen molar-refractivity contribution in [2.24, 2.45) is 4.99 Å². The lowest BCUT2D eigenvalue weighted by Gasteiger charge is -2.27. The molecule has 1 aromatic heterocycles. The molecular formula is C17H22FN3S. The Morgan fingerprint density at radius 1 is 1.23 bits per heavy atom. The van der Waals surface area contributed by atoms with Gasteiger partial charge in [0.25, 0.3) is 0 Å². The average molecular weight is 319 g/mol. The molecule has 0 spiro atoms. The third kappa shape index (κ3) is 4.31. The highest BCUT2D eigenvalue weighted by Gasteiger charge is 2.24. The van der Waals surface area contributed by atoms with Crippen molar-refractivity contribution in [3.63, 3.8) is 0 Å². The van der Waals surface area contributed by atoms with E-state index in [1.165, 1.54) is 11.6 Å². The van der Waals surface area contributed by atoms with Crippen molar-refractivity contribution in [2.45, 2.75) is 25.8 Å². The molecule has 1 aromatic carbocycles. The van der Waals surface area contributed by atoms with E-state index in [1.54, 1.807) is 24.5 Å². The van der Waals surface area contributed by atoms with Crippen molar-refractivity contribution in [1.82, 2.24) is 10.6 Å². The lowest BCUT2D eigenvalue weighted by atomic mass is 9.84. The van der Waals surface area contributed by atoms with E-state index in [2.05, 4.69) is 32.5 Å². The summed E-state index contributed by atoms with van der Waals surface area (Å²) in [7, 11) is 1.74. The fourth-order valence-electron chi connectivity index (χ4n) is 2.21. The molecule has 0 bridgehead atoms. The number of nitrogens with zero attached hydrogens (tertiary/aromatic N) is 1. The van der Waals surface area contributed by atoms with Crippen LogP contribution in [-0.4, -0.2) is 19.6 Å². The topological polar surface area (TPSA) is 36.4 Å². The van der Waals surface area contributed by atoms with Gasteiger partial charge in [0.1, 0.15) is 5.82 Å². The van der Waals surface area contributed by atoms with E-state index < -0.39 is 0 Å². The Bertz CT molecular complexity index is 621. The number of aliphatic imine (C=N–C) groups is 1. The van der Waals surface area contributed by atoms with Crippen LogP contribution in [0.1, 0.15) is 25.0 Å². The standard InChI is InChI=1S/C17H22FN3S/c1-17(2,14-6-4-5-7-15(14)18)12-21-16(19-3)20-10-13-8-9-22-11-13/h4-9,11H,10,12H2,1-3H3,(H2,19,20,21). The largest absolute Gasteiger partial charge is 0.356 e. The van der Waals surface area contributed by atoms with Crippen LogP contribution in [-0.2, 0) is 12.0 Å². The first kappa shape index (κ1) is 16.5. The highest BCUT2D eigenvalue weighted by atomic mass is 32.1. The third-order valence-electron chi connectivity index (χ3n) is 3.56. The number of guanidine groups is 1. The molecule has 0 aliphatic heterocycles. The lowest BCUT2D eigenvalue weighted by molar-refractivity contribution is 0.473. The molecule has 2 rings (SSSR count). The summed E-state index contributed by atoms with van der Waals surface area (Å²) in [5, 5.41) is 10.7. The van der Waals surface area contributed by atoms with E-state index in [0.29, 0.717) is 12.1 Å². The van der Waals surface area contributed by atoms with E-state index in [-0.39, 0.29) is 11.2 Å². The summed E-state index contributed by atoms with van der Waals surface area (Å²) in [6, 6.07) is 8.99. The van der Waals surface area contributed by atoms with E-state index in [1.807, 2.05) is 26.0 Å². The first-order chi connectivity index (χ1) is 10.5. The third-order valence-corrected chi connectivity index (χ3v) is 4.30. The van der Waals surface area contributed by atoms with Gasteiger partial charge in [-0.05, 0) is 34.0 Å². The molecule has 0 aliphatic carbocycles. The van der Waals surface area contributed by atoms with Crippen LogP contribution in [0.15, 0.2) is 46.1 Å². The summed E-state index contributed by atoms with van der Waals surface area (Å²) in [5.74, 6) is 0.547. The number of nitrogens with one attached hydrogen (secondary N) is 2. The highest BCUT2D eigenvalue weighted by molar-refractivity contribution is 7.07. The Morgan fingerprint density at radius 3 is 2.64 bits per heavy atom. The Kier molecular flexibility index (Phi) is 5.55. The minimum Gasteiger partial charge on any atom is -0.356 e. The van der Waals surface area contributed by atoms with Gasteiger partial charge in [0, 0.05) is 25.6 Å².